The molecule has 0 atom stereocenters. The molecule has 0 unspecified atom stereocenters. The lowest BCUT2D eigenvalue weighted by atomic mass is 10.1. The van der Waals surface area contributed by atoms with Crippen molar-refractivity contribution in [1.82, 2.24) is 10.3 Å². The number of aromatic nitrogens is 1. The molecule has 1 aromatic carbocycles. The number of thiazole rings is 1. The van der Waals surface area contributed by atoms with Gasteiger partial charge in [0.1, 0.15) is 0 Å². The molecule has 0 spiro atoms. The Hall–Kier alpha value is -2.48. The largest absolute Gasteiger partial charge is 0.375 e. The van der Waals surface area contributed by atoms with Crippen LogP contribution >= 0.6 is 11.3 Å². The topological polar surface area (TPSA) is 106 Å². The van der Waals surface area contributed by atoms with Crippen LogP contribution in [0.2, 0.25) is 0 Å². The minimum Gasteiger partial charge on any atom is -0.375 e. The number of nitrogens with zero attached hydrogens (tertiary/aromatic N) is 3. The summed E-state index contributed by atoms with van der Waals surface area (Å²) >= 11 is 1.42. The van der Waals surface area contributed by atoms with Crippen LogP contribution in [0.3, 0.4) is 0 Å². The van der Waals surface area contributed by atoms with Crippen LogP contribution < -0.4 is 11.1 Å². The van der Waals surface area contributed by atoms with Crippen LogP contribution in [0.15, 0.2) is 29.3 Å². The Bertz CT molecular complexity index is 754. The van der Waals surface area contributed by atoms with Crippen LogP contribution in [0, 0.1) is 10.1 Å². The van der Waals surface area contributed by atoms with E-state index in [1.54, 1.807) is 12.1 Å². The van der Waals surface area contributed by atoms with Gasteiger partial charge in [-0.3, -0.25) is 15.1 Å². The van der Waals surface area contributed by atoms with Crippen LogP contribution in [0.5, 0.6) is 0 Å². The molecule has 2 heterocycles. The van der Waals surface area contributed by atoms with Gasteiger partial charge in [-0.25, -0.2) is 4.98 Å². The van der Waals surface area contributed by atoms with Crippen molar-refractivity contribution in [2.75, 3.05) is 18.8 Å². The van der Waals surface area contributed by atoms with E-state index >= 15 is 0 Å². The molecular weight excluding hydrogens is 326 g/mol. The number of nitrogens with two attached hydrogens (primary N) is 1. The van der Waals surface area contributed by atoms with Gasteiger partial charge in [-0.05, 0) is 37.0 Å². The van der Waals surface area contributed by atoms with E-state index in [4.69, 9.17) is 5.73 Å². The van der Waals surface area contributed by atoms with E-state index in [0.717, 1.165) is 60.7 Å². The van der Waals surface area contributed by atoms with Crippen LogP contribution in [0.1, 0.15) is 25.0 Å². The SMILES string of the molecule is Nc1nc(CCCNC2=NCCC2)c(-c2ccc([N+](=O)[O-])cc2)s1. The monoisotopic (exact) mass is 345 g/mol. The van der Waals surface area contributed by atoms with Crippen molar-refractivity contribution in [3.05, 3.63) is 40.1 Å². The second-order valence-electron chi connectivity index (χ2n) is 5.59. The molecule has 1 aliphatic rings. The number of hydrogen-bond acceptors (Lipinski definition) is 7. The molecule has 3 rings (SSSR count). The molecule has 0 fully saturated rings. The lowest BCUT2D eigenvalue weighted by Gasteiger charge is -2.06. The molecular formula is C16H19N5O2S. The third kappa shape index (κ3) is 3.88. The summed E-state index contributed by atoms with van der Waals surface area (Å²) in [4.78, 5) is 20.2. The Morgan fingerprint density at radius 1 is 1.33 bits per heavy atom. The highest BCUT2D eigenvalue weighted by atomic mass is 32.1. The first-order valence-electron chi connectivity index (χ1n) is 7.90. The maximum absolute atomic E-state index is 10.8. The van der Waals surface area contributed by atoms with Crippen LogP contribution in [0.25, 0.3) is 10.4 Å². The van der Waals surface area contributed by atoms with Crippen molar-refractivity contribution >= 4 is 28.0 Å². The van der Waals surface area contributed by atoms with Crippen molar-refractivity contribution in [1.29, 1.82) is 0 Å². The van der Waals surface area contributed by atoms with Gasteiger partial charge in [-0.15, -0.1) is 0 Å². The summed E-state index contributed by atoms with van der Waals surface area (Å²) in [5.74, 6) is 1.10. The fraction of sp³-hybridized carbons (Fsp3) is 0.375. The summed E-state index contributed by atoms with van der Waals surface area (Å²) in [7, 11) is 0. The highest BCUT2D eigenvalue weighted by molar-refractivity contribution is 7.18. The number of amidine groups is 1. The average molecular weight is 345 g/mol. The molecule has 1 aliphatic heterocycles. The summed E-state index contributed by atoms with van der Waals surface area (Å²) < 4.78 is 0. The van der Waals surface area contributed by atoms with E-state index in [2.05, 4.69) is 15.3 Å². The Kier molecular flexibility index (Phi) is 5.05. The van der Waals surface area contributed by atoms with Crippen molar-refractivity contribution in [3.63, 3.8) is 0 Å². The predicted molar refractivity (Wildman–Crippen MR) is 96.5 cm³/mol. The Labute approximate surface area is 143 Å². The number of nitro benzene ring substituents is 1. The van der Waals surface area contributed by atoms with E-state index in [0.29, 0.717) is 5.13 Å². The van der Waals surface area contributed by atoms with Crippen molar-refractivity contribution in [3.8, 4) is 10.4 Å². The Morgan fingerprint density at radius 3 is 2.79 bits per heavy atom. The zero-order valence-corrected chi connectivity index (χ0v) is 14.0. The molecule has 0 aliphatic carbocycles. The van der Waals surface area contributed by atoms with Crippen molar-refractivity contribution in [2.24, 2.45) is 4.99 Å². The summed E-state index contributed by atoms with van der Waals surface area (Å²) in [6.07, 6.45) is 3.91. The van der Waals surface area contributed by atoms with Crippen LogP contribution in [0.4, 0.5) is 10.8 Å². The minimum absolute atomic E-state index is 0.0827. The van der Waals surface area contributed by atoms with E-state index < -0.39 is 4.92 Å². The van der Waals surface area contributed by atoms with E-state index in [9.17, 15) is 10.1 Å². The molecule has 2 aromatic rings. The molecule has 0 amide bonds. The fourth-order valence-corrected chi connectivity index (χ4v) is 3.56. The lowest BCUT2D eigenvalue weighted by Crippen LogP contribution is -2.22. The number of nitrogens with one attached hydrogen (secondary N) is 1. The van der Waals surface area contributed by atoms with Gasteiger partial charge < -0.3 is 11.1 Å². The zero-order valence-electron chi connectivity index (χ0n) is 13.2. The Morgan fingerprint density at radius 2 is 2.12 bits per heavy atom. The van der Waals surface area contributed by atoms with E-state index in [-0.39, 0.29) is 5.69 Å². The number of aryl methyl sites for hydroxylation is 1. The number of rotatable bonds is 6. The lowest BCUT2D eigenvalue weighted by molar-refractivity contribution is -0.384. The summed E-state index contributed by atoms with van der Waals surface area (Å²) in [6.45, 7) is 1.78. The average Bonchev–Trinajstić information content (AvgIpc) is 3.21. The fourth-order valence-electron chi connectivity index (χ4n) is 2.67. The van der Waals surface area contributed by atoms with Gasteiger partial charge in [-0.1, -0.05) is 11.3 Å². The first-order valence-corrected chi connectivity index (χ1v) is 8.72. The number of hydrogen-bond donors (Lipinski definition) is 2. The van der Waals surface area contributed by atoms with E-state index in [1.807, 2.05) is 0 Å². The quantitative estimate of drug-likeness (QED) is 0.475. The van der Waals surface area contributed by atoms with Crippen molar-refractivity contribution < 1.29 is 4.92 Å². The van der Waals surface area contributed by atoms with Crippen LogP contribution in [-0.4, -0.2) is 28.8 Å². The summed E-state index contributed by atoms with van der Waals surface area (Å²) in [5, 5.41) is 14.6. The van der Waals surface area contributed by atoms with Gasteiger partial charge in [0.25, 0.3) is 5.69 Å². The maximum Gasteiger partial charge on any atom is 0.269 e. The number of nitrogen functional groups attached to an aromatic ring is 1. The van der Waals surface area contributed by atoms with Crippen molar-refractivity contribution in [2.45, 2.75) is 25.7 Å². The second-order valence-corrected chi connectivity index (χ2v) is 6.62. The zero-order chi connectivity index (χ0) is 16.9. The predicted octanol–water partition coefficient (Wildman–Crippen LogP) is 3.02. The second kappa shape index (κ2) is 7.39. The van der Waals surface area contributed by atoms with Gasteiger partial charge in [0, 0.05) is 31.6 Å². The first kappa shape index (κ1) is 16.4. The number of benzene rings is 1. The molecule has 0 radical (unpaired) electrons. The third-order valence-corrected chi connectivity index (χ3v) is 4.82. The van der Waals surface area contributed by atoms with Gasteiger partial charge in [0.15, 0.2) is 5.13 Å². The van der Waals surface area contributed by atoms with E-state index in [1.165, 1.54) is 23.5 Å². The molecule has 0 bridgehead atoms. The normalized spacial score (nSPS) is 13.8. The highest BCUT2D eigenvalue weighted by Gasteiger charge is 2.13. The summed E-state index contributed by atoms with van der Waals surface area (Å²) in [6, 6.07) is 6.52. The molecule has 0 saturated carbocycles. The number of anilines is 1. The maximum atomic E-state index is 10.8. The smallest absolute Gasteiger partial charge is 0.269 e. The molecule has 1 aromatic heterocycles. The van der Waals surface area contributed by atoms with Gasteiger partial charge in [-0.2, -0.15) is 0 Å². The van der Waals surface area contributed by atoms with Gasteiger partial charge in [0.2, 0.25) is 0 Å². The van der Waals surface area contributed by atoms with Crippen LogP contribution in [-0.2, 0) is 6.42 Å². The number of aliphatic imine (C=N–C) groups is 1. The Balaban J connectivity index is 1.64. The number of non-ortho nitro benzene ring substituents is 1. The first-order chi connectivity index (χ1) is 11.6. The molecule has 7 nitrogen and oxygen atoms in total. The standard InChI is InChI=1S/C16H19N5O2S/c17-16-20-13(3-1-9-18-14-4-2-10-19-14)15(24-16)11-5-7-12(8-6-11)21(22)23/h5-8H,1-4,9-10H2,(H2,17,20)(H,18,19). The third-order valence-electron chi connectivity index (χ3n) is 3.85. The minimum atomic E-state index is -0.400. The molecule has 0 saturated heterocycles. The molecule has 3 N–H and O–H groups in total. The van der Waals surface area contributed by atoms with Gasteiger partial charge in [0.05, 0.1) is 21.3 Å². The number of nitro groups is 1. The van der Waals surface area contributed by atoms with Gasteiger partial charge >= 0.3 is 0 Å². The summed E-state index contributed by atoms with van der Waals surface area (Å²) in [5.41, 5.74) is 7.81. The molecule has 24 heavy (non-hydrogen) atoms. The molecule has 126 valence electrons. The molecule has 8 heteroatoms. The highest BCUT2D eigenvalue weighted by Crippen LogP contribution is 2.33.